The first-order valence-electron chi connectivity index (χ1n) is 14.3. The van der Waals surface area contributed by atoms with Gasteiger partial charge in [-0.2, -0.15) is 0 Å². The highest BCUT2D eigenvalue weighted by molar-refractivity contribution is 6.30. The number of carbonyl (C=O) groups excluding carboxylic acids is 1. The number of fused-ring (bicyclic) bond motifs is 3. The van der Waals surface area contributed by atoms with Gasteiger partial charge in [0.25, 0.3) is 0 Å². The number of aromatic nitrogens is 1. The van der Waals surface area contributed by atoms with Crippen molar-refractivity contribution >= 4 is 28.3 Å². The fourth-order valence-electron chi connectivity index (χ4n) is 6.61. The monoisotopic (exact) mass is 534 g/mol. The van der Waals surface area contributed by atoms with Crippen molar-refractivity contribution in [1.82, 2.24) is 19.3 Å². The highest BCUT2D eigenvalue weighted by Crippen LogP contribution is 2.41. The van der Waals surface area contributed by atoms with E-state index in [9.17, 15) is 4.79 Å². The third kappa shape index (κ3) is 5.24. The maximum atomic E-state index is 14.2. The van der Waals surface area contributed by atoms with Crippen LogP contribution in [0.1, 0.15) is 54.3 Å². The number of halogens is 1. The quantitative estimate of drug-likeness (QED) is 0.401. The molecule has 2 aromatic carbocycles. The molecule has 3 heterocycles. The predicted octanol–water partition coefficient (Wildman–Crippen LogP) is 5.49. The van der Waals surface area contributed by atoms with Crippen LogP contribution in [0.2, 0.25) is 5.02 Å². The molecule has 0 N–H and O–H groups in total. The number of piperazine rings is 1. The van der Waals surface area contributed by atoms with Crippen LogP contribution in [0, 0.1) is 0 Å². The number of para-hydroxylation sites is 1. The Balaban J connectivity index is 1.37. The number of hydrogen-bond acceptors (Lipinski definition) is 5. The highest BCUT2D eigenvalue weighted by atomic mass is 35.5. The molecule has 0 spiro atoms. The van der Waals surface area contributed by atoms with E-state index in [0.29, 0.717) is 11.4 Å². The van der Waals surface area contributed by atoms with E-state index in [1.807, 2.05) is 24.3 Å². The van der Waals surface area contributed by atoms with E-state index in [0.717, 1.165) is 73.6 Å². The number of Topliss-reactive ketones (excluding diaryl/α,β-unsaturated/α-hetero) is 1. The molecule has 38 heavy (non-hydrogen) atoms. The maximum absolute atomic E-state index is 14.2. The minimum atomic E-state index is -0.198. The summed E-state index contributed by atoms with van der Waals surface area (Å²) in [6.07, 6.45) is 5.50. The van der Waals surface area contributed by atoms with Crippen molar-refractivity contribution in [2.24, 2.45) is 0 Å². The van der Waals surface area contributed by atoms with Gasteiger partial charge in [0.05, 0.1) is 17.3 Å². The number of likely N-dealkylation sites (tertiary alicyclic amines) is 1. The number of hydrogen-bond donors (Lipinski definition) is 0. The second-order valence-electron chi connectivity index (χ2n) is 11.2. The fourth-order valence-corrected chi connectivity index (χ4v) is 6.74. The SMILES string of the molecule is CN1CCN(C2C[C@@H](Oc3ccc(Cl)cc3)c3c(c4ccccc4n3CCCN3CCCCC3)C2=O)CC1. The van der Waals surface area contributed by atoms with Crippen LogP contribution >= 0.6 is 11.6 Å². The standard InChI is InChI=1S/C31H39ClN4O2/c1-33-18-20-35(21-19-33)27-22-28(38-24-12-10-23(32)11-13-24)30-29(31(27)37)25-8-3-4-9-26(25)36(30)17-7-16-34-14-5-2-6-15-34/h3-4,8-13,27-28H,2,5-7,14-22H2,1H3/t27?,28-/m1/s1. The van der Waals surface area contributed by atoms with Crippen molar-refractivity contribution in [3.05, 3.63) is 64.8 Å². The molecule has 6 nitrogen and oxygen atoms in total. The van der Waals surface area contributed by atoms with Gasteiger partial charge in [0.1, 0.15) is 11.9 Å². The summed E-state index contributed by atoms with van der Waals surface area (Å²) >= 11 is 6.17. The second-order valence-corrected chi connectivity index (χ2v) is 11.6. The Labute approximate surface area is 231 Å². The van der Waals surface area contributed by atoms with Gasteiger partial charge in [0.15, 0.2) is 5.78 Å². The van der Waals surface area contributed by atoms with Crippen molar-refractivity contribution in [1.29, 1.82) is 0 Å². The van der Waals surface area contributed by atoms with E-state index < -0.39 is 0 Å². The Morgan fingerprint density at radius 3 is 2.39 bits per heavy atom. The first kappa shape index (κ1) is 25.9. The molecule has 2 saturated heterocycles. The normalized spacial score (nSPS) is 23.6. The highest BCUT2D eigenvalue weighted by Gasteiger charge is 2.42. The average molecular weight is 535 g/mol. The third-order valence-electron chi connectivity index (χ3n) is 8.68. The first-order chi connectivity index (χ1) is 18.6. The summed E-state index contributed by atoms with van der Waals surface area (Å²) in [6, 6.07) is 15.9. The van der Waals surface area contributed by atoms with Crippen LogP contribution in [-0.4, -0.2) is 84.0 Å². The number of ketones is 1. The number of carbonyl (C=O) groups is 1. The zero-order valence-electron chi connectivity index (χ0n) is 22.4. The van der Waals surface area contributed by atoms with Gasteiger partial charge in [-0.1, -0.05) is 36.2 Å². The van der Waals surface area contributed by atoms with Crippen LogP contribution in [0.25, 0.3) is 10.9 Å². The molecule has 2 aliphatic heterocycles. The van der Waals surface area contributed by atoms with Crippen molar-refractivity contribution < 1.29 is 9.53 Å². The van der Waals surface area contributed by atoms with E-state index in [1.54, 1.807) is 0 Å². The lowest BCUT2D eigenvalue weighted by molar-refractivity contribution is 0.0500. The van der Waals surface area contributed by atoms with E-state index >= 15 is 0 Å². The Bertz CT molecular complexity index is 1260. The Kier molecular flexibility index (Phi) is 7.75. The van der Waals surface area contributed by atoms with E-state index in [4.69, 9.17) is 16.3 Å². The molecule has 0 bridgehead atoms. The zero-order valence-corrected chi connectivity index (χ0v) is 23.2. The molecule has 3 aliphatic rings. The van der Waals surface area contributed by atoms with Crippen molar-refractivity contribution in [2.45, 2.75) is 50.8 Å². The minimum absolute atomic E-state index is 0.166. The van der Waals surface area contributed by atoms with Gasteiger partial charge < -0.3 is 19.1 Å². The fraction of sp³-hybridized carbons (Fsp3) is 0.516. The molecule has 7 heteroatoms. The van der Waals surface area contributed by atoms with Crippen LogP contribution in [0.3, 0.4) is 0 Å². The smallest absolute Gasteiger partial charge is 0.182 e. The van der Waals surface area contributed by atoms with E-state index in [-0.39, 0.29) is 17.9 Å². The van der Waals surface area contributed by atoms with Crippen LogP contribution in [-0.2, 0) is 6.54 Å². The largest absolute Gasteiger partial charge is 0.484 e. The summed E-state index contributed by atoms with van der Waals surface area (Å²) in [6.45, 7) is 8.18. The van der Waals surface area contributed by atoms with Crippen LogP contribution in [0.4, 0.5) is 0 Å². The lowest BCUT2D eigenvalue weighted by Gasteiger charge is -2.40. The van der Waals surface area contributed by atoms with Gasteiger partial charge in [-0.05, 0) is 76.3 Å². The molecule has 3 aromatic rings. The lowest BCUT2D eigenvalue weighted by atomic mass is 9.86. The van der Waals surface area contributed by atoms with Crippen LogP contribution in [0.5, 0.6) is 5.75 Å². The van der Waals surface area contributed by atoms with Crippen LogP contribution in [0.15, 0.2) is 48.5 Å². The van der Waals surface area contributed by atoms with E-state index in [1.165, 1.54) is 32.4 Å². The van der Waals surface area contributed by atoms with Crippen molar-refractivity contribution in [2.75, 3.05) is 52.9 Å². The van der Waals surface area contributed by atoms with Crippen LogP contribution < -0.4 is 4.74 Å². The molecule has 1 aliphatic carbocycles. The Hall–Kier alpha value is -2.38. The van der Waals surface area contributed by atoms with E-state index in [2.05, 4.69) is 50.6 Å². The van der Waals surface area contributed by atoms with Gasteiger partial charge in [-0.3, -0.25) is 9.69 Å². The number of ether oxygens (including phenoxy) is 1. The summed E-state index contributed by atoms with van der Waals surface area (Å²) in [5.74, 6) is 1.05. The average Bonchev–Trinajstić information content (AvgIpc) is 3.28. The molecular formula is C31H39ClN4O2. The number of rotatable bonds is 7. The first-order valence-corrected chi connectivity index (χ1v) is 14.7. The van der Waals surface area contributed by atoms with Crippen molar-refractivity contribution in [3.63, 3.8) is 0 Å². The van der Waals surface area contributed by atoms with Gasteiger partial charge in [-0.25, -0.2) is 0 Å². The minimum Gasteiger partial charge on any atom is -0.484 e. The lowest BCUT2D eigenvalue weighted by Crippen LogP contribution is -2.53. The topological polar surface area (TPSA) is 41.0 Å². The molecule has 0 amide bonds. The predicted molar refractivity (Wildman–Crippen MR) is 153 cm³/mol. The summed E-state index contributed by atoms with van der Waals surface area (Å²) in [7, 11) is 2.15. The number of aryl methyl sites for hydroxylation is 1. The molecule has 202 valence electrons. The summed E-state index contributed by atoms with van der Waals surface area (Å²) in [4.78, 5) is 21.6. The number of likely N-dealkylation sites (N-methyl/N-ethyl adjacent to an activating group) is 1. The second kappa shape index (κ2) is 11.4. The summed E-state index contributed by atoms with van der Waals surface area (Å²) in [5.41, 5.74) is 3.07. The molecule has 1 aromatic heterocycles. The molecule has 2 atom stereocenters. The molecule has 0 saturated carbocycles. The molecule has 2 fully saturated rings. The van der Waals surface area contributed by atoms with Crippen molar-refractivity contribution in [3.8, 4) is 5.75 Å². The zero-order chi connectivity index (χ0) is 26.1. The molecule has 6 rings (SSSR count). The number of benzene rings is 2. The summed E-state index contributed by atoms with van der Waals surface area (Å²) in [5, 5.41) is 1.76. The van der Waals surface area contributed by atoms with Gasteiger partial charge >= 0.3 is 0 Å². The van der Waals surface area contributed by atoms with Gasteiger partial charge in [0.2, 0.25) is 0 Å². The maximum Gasteiger partial charge on any atom is 0.182 e. The van der Waals surface area contributed by atoms with Gasteiger partial charge in [-0.15, -0.1) is 0 Å². The molecular weight excluding hydrogens is 496 g/mol. The Morgan fingerprint density at radius 2 is 1.63 bits per heavy atom. The molecule has 1 unspecified atom stereocenters. The van der Waals surface area contributed by atoms with Gasteiger partial charge in [0, 0.05) is 55.1 Å². The number of nitrogens with zero attached hydrogens (tertiary/aromatic N) is 4. The third-order valence-corrected chi connectivity index (χ3v) is 8.93. The molecule has 0 radical (unpaired) electrons. The Morgan fingerprint density at radius 1 is 0.895 bits per heavy atom. The number of piperidine rings is 1. The summed E-state index contributed by atoms with van der Waals surface area (Å²) < 4.78 is 9.11.